The highest BCUT2D eigenvalue weighted by Crippen LogP contribution is 2.34. The summed E-state index contributed by atoms with van der Waals surface area (Å²) in [6, 6.07) is 7.24. The minimum absolute atomic E-state index is 0.162. The number of ether oxygens (including phenoxy) is 1. The average molecular weight is 298 g/mol. The van der Waals surface area contributed by atoms with E-state index in [1.807, 2.05) is 12.1 Å². The van der Waals surface area contributed by atoms with Crippen LogP contribution in [0.1, 0.15) is 6.42 Å². The van der Waals surface area contributed by atoms with Gasteiger partial charge in [0, 0.05) is 17.2 Å². The molecule has 0 aromatic heterocycles. The Morgan fingerprint density at radius 1 is 1.47 bits per heavy atom. The van der Waals surface area contributed by atoms with E-state index in [1.165, 1.54) is 11.8 Å². The largest absolute Gasteiger partial charge is 0.497 e. The second-order valence-corrected chi connectivity index (χ2v) is 5.97. The van der Waals surface area contributed by atoms with E-state index in [1.54, 1.807) is 19.2 Å². The maximum absolute atomic E-state index is 11.2. The third-order valence-corrected chi connectivity index (χ3v) is 4.79. The van der Waals surface area contributed by atoms with Gasteiger partial charge in [-0.2, -0.15) is 0 Å². The molecule has 1 heterocycles. The quantitative estimate of drug-likeness (QED) is 0.524. The lowest BCUT2D eigenvalue weighted by atomic mass is 10.3. The highest BCUT2D eigenvalue weighted by atomic mass is 32.2. The van der Waals surface area contributed by atoms with Crippen molar-refractivity contribution in [3.8, 4) is 5.75 Å². The van der Waals surface area contributed by atoms with Crippen molar-refractivity contribution in [1.29, 1.82) is 0 Å². The average Bonchev–Trinajstić information content (AvgIpc) is 2.46. The first-order valence-electron chi connectivity index (χ1n) is 5.78. The topological polar surface area (TPSA) is 64.4 Å². The van der Waals surface area contributed by atoms with Crippen molar-refractivity contribution in [3.63, 3.8) is 0 Å². The van der Waals surface area contributed by atoms with E-state index < -0.39 is 0 Å². The van der Waals surface area contributed by atoms with Crippen LogP contribution in [0.25, 0.3) is 0 Å². The Bertz CT molecular complexity index is 480. The molecule has 0 atom stereocenters. The van der Waals surface area contributed by atoms with Crippen LogP contribution in [0.4, 0.5) is 0 Å². The van der Waals surface area contributed by atoms with Crippen LogP contribution in [0.15, 0.2) is 39.2 Å². The number of methoxy groups -OCH3 is 1. The second kappa shape index (κ2) is 6.72. The molecule has 102 valence electrons. The minimum atomic E-state index is -0.324. The lowest BCUT2D eigenvalue weighted by Crippen LogP contribution is -2.21. The van der Waals surface area contributed by atoms with Gasteiger partial charge in [0.1, 0.15) is 5.75 Å². The monoisotopic (exact) mass is 298 g/mol. The summed E-state index contributed by atoms with van der Waals surface area (Å²) in [7, 11) is 1.59. The van der Waals surface area contributed by atoms with Gasteiger partial charge in [-0.3, -0.25) is 10.1 Å². The molecule has 1 aliphatic heterocycles. The Balaban J connectivity index is 2.18. The number of nitro groups is 1. The summed E-state index contributed by atoms with van der Waals surface area (Å²) >= 11 is 2.67. The molecular weight excluding hydrogens is 284 g/mol. The van der Waals surface area contributed by atoms with Gasteiger partial charge in [-0.1, -0.05) is 0 Å². The fraction of sp³-hybridized carbons (Fsp3) is 0.333. The van der Waals surface area contributed by atoms with Gasteiger partial charge in [-0.05, 0) is 42.4 Å². The molecule has 2 rings (SSSR count). The predicted octanol–water partition coefficient (Wildman–Crippen LogP) is 2.92. The van der Waals surface area contributed by atoms with Crippen molar-refractivity contribution < 1.29 is 9.66 Å². The number of hydrogen-bond donors (Lipinski definition) is 1. The SMILES string of the molecule is COc1ccc(S/C(=C2\NCCCS2)[N+](=O)[O-])cc1. The van der Waals surface area contributed by atoms with Gasteiger partial charge < -0.3 is 10.1 Å². The van der Waals surface area contributed by atoms with Crippen LogP contribution in [0.2, 0.25) is 0 Å². The van der Waals surface area contributed by atoms with Gasteiger partial charge >= 0.3 is 5.03 Å². The lowest BCUT2D eigenvalue weighted by molar-refractivity contribution is -0.411. The molecule has 19 heavy (non-hydrogen) atoms. The van der Waals surface area contributed by atoms with Crippen LogP contribution in [0.5, 0.6) is 5.75 Å². The van der Waals surface area contributed by atoms with Gasteiger partial charge in [0.15, 0.2) is 5.03 Å². The summed E-state index contributed by atoms with van der Waals surface area (Å²) in [6.45, 7) is 0.794. The zero-order chi connectivity index (χ0) is 13.7. The summed E-state index contributed by atoms with van der Waals surface area (Å²) in [5, 5.41) is 15.1. The normalized spacial score (nSPS) is 17.5. The first-order chi connectivity index (χ1) is 9.20. The molecule has 0 aliphatic carbocycles. The van der Waals surface area contributed by atoms with E-state index in [4.69, 9.17) is 4.74 Å². The van der Waals surface area contributed by atoms with Crippen LogP contribution in [0.3, 0.4) is 0 Å². The van der Waals surface area contributed by atoms with Crippen molar-refractivity contribution >= 4 is 23.5 Å². The van der Waals surface area contributed by atoms with Crippen molar-refractivity contribution in [2.45, 2.75) is 11.3 Å². The van der Waals surface area contributed by atoms with Gasteiger partial charge in [0.05, 0.1) is 12.0 Å². The molecule has 0 saturated carbocycles. The Kier molecular flexibility index (Phi) is 4.98. The first-order valence-corrected chi connectivity index (χ1v) is 7.58. The lowest BCUT2D eigenvalue weighted by Gasteiger charge is -2.15. The molecule has 1 aromatic rings. The number of rotatable bonds is 4. The molecule has 0 amide bonds. The van der Waals surface area contributed by atoms with Crippen molar-refractivity contribution in [1.82, 2.24) is 5.32 Å². The highest BCUT2D eigenvalue weighted by molar-refractivity contribution is 8.06. The standard InChI is InChI=1S/C12H14N2O3S2/c1-17-9-3-5-10(6-4-9)19-12(14(15)16)11-13-7-2-8-18-11/h3-6,13H,2,7-8H2,1H3/b12-11+. The molecule has 0 radical (unpaired) electrons. The Morgan fingerprint density at radius 2 is 2.21 bits per heavy atom. The van der Waals surface area contributed by atoms with Gasteiger partial charge in [-0.15, -0.1) is 11.8 Å². The molecule has 1 aliphatic rings. The van der Waals surface area contributed by atoms with Crippen molar-refractivity contribution in [2.75, 3.05) is 19.4 Å². The van der Waals surface area contributed by atoms with Gasteiger partial charge in [0.2, 0.25) is 0 Å². The number of benzene rings is 1. The Labute approximate surface area is 119 Å². The van der Waals surface area contributed by atoms with Crippen LogP contribution in [-0.2, 0) is 0 Å². The Morgan fingerprint density at radius 3 is 2.74 bits per heavy atom. The van der Waals surface area contributed by atoms with E-state index in [0.29, 0.717) is 5.03 Å². The van der Waals surface area contributed by atoms with Crippen molar-refractivity contribution in [3.05, 3.63) is 44.4 Å². The zero-order valence-corrected chi connectivity index (χ0v) is 12.1. The molecule has 1 saturated heterocycles. The van der Waals surface area contributed by atoms with E-state index in [0.717, 1.165) is 41.1 Å². The third-order valence-electron chi connectivity index (χ3n) is 2.49. The smallest absolute Gasteiger partial charge is 0.337 e. The maximum Gasteiger partial charge on any atom is 0.337 e. The summed E-state index contributed by atoms with van der Waals surface area (Å²) in [6.07, 6.45) is 1.03. The minimum Gasteiger partial charge on any atom is -0.497 e. The molecule has 1 fully saturated rings. The summed E-state index contributed by atoms with van der Waals surface area (Å²) in [5.41, 5.74) is 0. The van der Waals surface area contributed by atoms with E-state index >= 15 is 0 Å². The second-order valence-electron chi connectivity index (χ2n) is 3.80. The van der Waals surface area contributed by atoms with Crippen molar-refractivity contribution in [2.24, 2.45) is 0 Å². The van der Waals surface area contributed by atoms with Gasteiger partial charge in [-0.25, -0.2) is 0 Å². The fourth-order valence-electron chi connectivity index (χ4n) is 1.56. The Hall–Kier alpha value is -1.34. The van der Waals surface area contributed by atoms with E-state index in [-0.39, 0.29) is 9.95 Å². The molecule has 0 spiro atoms. The van der Waals surface area contributed by atoms with E-state index in [2.05, 4.69) is 5.32 Å². The first kappa shape index (κ1) is 14.1. The highest BCUT2D eigenvalue weighted by Gasteiger charge is 2.22. The summed E-state index contributed by atoms with van der Waals surface area (Å²) < 4.78 is 5.07. The zero-order valence-electron chi connectivity index (χ0n) is 10.4. The molecule has 0 unspecified atom stereocenters. The maximum atomic E-state index is 11.2. The summed E-state index contributed by atoms with van der Waals surface area (Å²) in [4.78, 5) is 11.7. The summed E-state index contributed by atoms with van der Waals surface area (Å²) in [5.74, 6) is 1.66. The predicted molar refractivity (Wildman–Crippen MR) is 77.9 cm³/mol. The van der Waals surface area contributed by atoms with Crippen LogP contribution < -0.4 is 10.1 Å². The molecule has 1 aromatic carbocycles. The van der Waals surface area contributed by atoms with Crippen LogP contribution >= 0.6 is 23.5 Å². The fourth-order valence-corrected chi connectivity index (χ4v) is 3.49. The molecule has 7 heteroatoms. The molecule has 1 N–H and O–H groups in total. The van der Waals surface area contributed by atoms with Crippen LogP contribution in [0, 0.1) is 10.1 Å². The number of thioether (sulfide) groups is 2. The van der Waals surface area contributed by atoms with Crippen LogP contribution in [-0.4, -0.2) is 24.3 Å². The molecule has 0 bridgehead atoms. The van der Waals surface area contributed by atoms with E-state index in [9.17, 15) is 10.1 Å². The number of nitrogens with one attached hydrogen (secondary N) is 1. The number of hydrogen-bond acceptors (Lipinski definition) is 6. The number of nitrogens with zero attached hydrogens (tertiary/aromatic N) is 1. The molecular formula is C12H14N2O3S2. The molecule has 5 nitrogen and oxygen atoms in total. The third kappa shape index (κ3) is 3.81. The van der Waals surface area contributed by atoms with Gasteiger partial charge in [0.25, 0.3) is 0 Å².